The Bertz CT molecular complexity index is 520. The molecule has 0 aliphatic heterocycles. The van der Waals surface area contributed by atoms with Crippen molar-refractivity contribution in [2.45, 2.75) is 20.3 Å². The molecule has 1 rings (SSSR count). The molecule has 0 aromatic heterocycles. The summed E-state index contributed by atoms with van der Waals surface area (Å²) < 4.78 is 9.59. The molecule has 0 saturated carbocycles. The Morgan fingerprint density at radius 3 is 2.30 bits per heavy atom. The summed E-state index contributed by atoms with van der Waals surface area (Å²) in [5.74, 6) is -2.56. The van der Waals surface area contributed by atoms with Crippen LogP contribution >= 0.6 is 0 Å². The highest BCUT2D eigenvalue weighted by Gasteiger charge is 2.22. The predicted molar refractivity (Wildman–Crippen MR) is 69.7 cm³/mol. The van der Waals surface area contributed by atoms with Crippen LogP contribution in [0.1, 0.15) is 40.1 Å². The molecule has 20 heavy (non-hydrogen) atoms. The van der Waals surface area contributed by atoms with Crippen LogP contribution in [-0.2, 0) is 20.7 Å². The van der Waals surface area contributed by atoms with Crippen molar-refractivity contribution in [3.8, 4) is 0 Å². The van der Waals surface area contributed by atoms with E-state index in [1.54, 1.807) is 13.8 Å². The molecule has 1 aromatic rings. The standard InChI is InChI=1S/C14H16O6/c1-3-19-11(15)8-9-6-5-7-10(12(9)13(16)17)14(18)20-4-2/h5-7H,3-4,8H2,1-2H3,(H,16,17). The first-order chi connectivity index (χ1) is 9.51. The zero-order valence-electron chi connectivity index (χ0n) is 11.3. The minimum Gasteiger partial charge on any atom is -0.478 e. The maximum atomic E-state index is 11.7. The first-order valence-electron chi connectivity index (χ1n) is 6.19. The Morgan fingerprint density at radius 1 is 1.10 bits per heavy atom. The fourth-order valence-corrected chi connectivity index (χ4v) is 1.75. The summed E-state index contributed by atoms with van der Waals surface area (Å²) in [6, 6.07) is 4.34. The molecule has 0 heterocycles. The molecular formula is C14H16O6. The molecule has 6 nitrogen and oxygen atoms in total. The number of ether oxygens (including phenoxy) is 2. The van der Waals surface area contributed by atoms with Gasteiger partial charge < -0.3 is 14.6 Å². The summed E-state index contributed by atoms with van der Waals surface area (Å²) in [5.41, 5.74) is -0.0679. The molecule has 0 saturated heterocycles. The van der Waals surface area contributed by atoms with Crippen LogP contribution in [0.4, 0.5) is 0 Å². The van der Waals surface area contributed by atoms with Crippen molar-refractivity contribution in [3.63, 3.8) is 0 Å². The van der Waals surface area contributed by atoms with Crippen molar-refractivity contribution in [2.75, 3.05) is 13.2 Å². The lowest BCUT2D eigenvalue weighted by Crippen LogP contribution is -2.17. The van der Waals surface area contributed by atoms with Gasteiger partial charge in [-0.3, -0.25) is 4.79 Å². The predicted octanol–water partition coefficient (Wildman–Crippen LogP) is 1.67. The highest BCUT2D eigenvalue weighted by atomic mass is 16.5. The maximum absolute atomic E-state index is 11.7. The average molecular weight is 280 g/mol. The number of rotatable bonds is 6. The number of carbonyl (C=O) groups is 3. The van der Waals surface area contributed by atoms with E-state index in [9.17, 15) is 19.5 Å². The largest absolute Gasteiger partial charge is 0.478 e. The van der Waals surface area contributed by atoms with Crippen molar-refractivity contribution in [1.29, 1.82) is 0 Å². The Balaban J connectivity index is 3.18. The van der Waals surface area contributed by atoms with Gasteiger partial charge in [0.1, 0.15) is 0 Å². The number of hydrogen-bond donors (Lipinski definition) is 1. The van der Waals surface area contributed by atoms with E-state index in [4.69, 9.17) is 9.47 Å². The van der Waals surface area contributed by atoms with Gasteiger partial charge in [0.15, 0.2) is 0 Å². The van der Waals surface area contributed by atoms with Crippen LogP contribution in [0.5, 0.6) is 0 Å². The molecule has 0 amide bonds. The van der Waals surface area contributed by atoms with E-state index < -0.39 is 17.9 Å². The van der Waals surface area contributed by atoms with Crippen molar-refractivity contribution >= 4 is 17.9 Å². The second-order valence-corrected chi connectivity index (χ2v) is 3.85. The van der Waals surface area contributed by atoms with Crippen molar-refractivity contribution in [3.05, 3.63) is 34.9 Å². The van der Waals surface area contributed by atoms with Crippen LogP contribution in [0.2, 0.25) is 0 Å². The summed E-state index contributed by atoms with van der Waals surface area (Å²) in [4.78, 5) is 34.5. The Kier molecular flexibility index (Phi) is 5.71. The average Bonchev–Trinajstić information content (AvgIpc) is 2.38. The fourth-order valence-electron chi connectivity index (χ4n) is 1.75. The first kappa shape index (κ1) is 15.7. The minimum absolute atomic E-state index is 0.0684. The van der Waals surface area contributed by atoms with Gasteiger partial charge in [0.2, 0.25) is 0 Å². The topological polar surface area (TPSA) is 89.9 Å². The van der Waals surface area contributed by atoms with Gasteiger partial charge >= 0.3 is 17.9 Å². The van der Waals surface area contributed by atoms with Gasteiger partial charge in [-0.15, -0.1) is 0 Å². The van der Waals surface area contributed by atoms with E-state index in [0.29, 0.717) is 0 Å². The smallest absolute Gasteiger partial charge is 0.339 e. The van der Waals surface area contributed by atoms with Crippen molar-refractivity contribution in [1.82, 2.24) is 0 Å². The summed E-state index contributed by atoms with van der Waals surface area (Å²) in [5, 5.41) is 9.25. The molecule has 0 aliphatic carbocycles. The van der Waals surface area contributed by atoms with Crippen LogP contribution in [0.3, 0.4) is 0 Å². The van der Waals surface area contributed by atoms with Gasteiger partial charge in [-0.2, -0.15) is 0 Å². The second-order valence-electron chi connectivity index (χ2n) is 3.85. The Hall–Kier alpha value is -2.37. The second kappa shape index (κ2) is 7.28. The SMILES string of the molecule is CCOC(=O)Cc1cccc(C(=O)OCC)c1C(=O)O. The lowest BCUT2D eigenvalue weighted by molar-refractivity contribution is -0.142. The summed E-state index contributed by atoms with van der Waals surface area (Å²) >= 11 is 0. The van der Waals surface area contributed by atoms with Gasteiger partial charge in [0.05, 0.1) is 30.8 Å². The molecule has 108 valence electrons. The lowest BCUT2D eigenvalue weighted by atomic mass is 9.98. The summed E-state index contributed by atoms with van der Waals surface area (Å²) in [6.45, 7) is 3.63. The number of carbonyl (C=O) groups excluding carboxylic acids is 2. The number of aromatic carboxylic acids is 1. The highest BCUT2D eigenvalue weighted by molar-refractivity contribution is 6.04. The molecule has 0 aliphatic rings. The van der Waals surface area contributed by atoms with Gasteiger partial charge in [-0.25, -0.2) is 9.59 Å². The third-order valence-electron chi connectivity index (χ3n) is 2.50. The molecule has 0 bridgehead atoms. The van der Waals surface area contributed by atoms with Gasteiger partial charge in [0.25, 0.3) is 0 Å². The molecule has 0 radical (unpaired) electrons. The van der Waals surface area contributed by atoms with Crippen molar-refractivity contribution < 1.29 is 29.0 Å². The molecule has 6 heteroatoms. The number of esters is 2. The van der Waals surface area contributed by atoms with Crippen LogP contribution in [0.25, 0.3) is 0 Å². The van der Waals surface area contributed by atoms with Crippen LogP contribution in [-0.4, -0.2) is 36.2 Å². The Morgan fingerprint density at radius 2 is 1.75 bits per heavy atom. The number of carboxylic acid groups (broad SMARTS) is 1. The summed E-state index contributed by atoms with van der Waals surface area (Å²) in [7, 11) is 0. The normalized spacial score (nSPS) is 9.90. The molecule has 0 atom stereocenters. The van der Waals surface area contributed by atoms with E-state index in [2.05, 4.69) is 0 Å². The van der Waals surface area contributed by atoms with Crippen LogP contribution < -0.4 is 0 Å². The van der Waals surface area contributed by atoms with Gasteiger partial charge in [-0.05, 0) is 25.5 Å². The summed E-state index contributed by atoms with van der Waals surface area (Å²) in [6.07, 6.45) is -0.206. The van der Waals surface area contributed by atoms with E-state index >= 15 is 0 Å². The fraction of sp³-hybridized carbons (Fsp3) is 0.357. The van der Waals surface area contributed by atoms with E-state index in [1.165, 1.54) is 18.2 Å². The monoisotopic (exact) mass is 280 g/mol. The minimum atomic E-state index is -1.28. The van der Waals surface area contributed by atoms with E-state index in [0.717, 1.165) is 0 Å². The molecule has 1 N–H and O–H groups in total. The molecular weight excluding hydrogens is 264 g/mol. The molecule has 0 spiro atoms. The number of benzene rings is 1. The zero-order valence-corrected chi connectivity index (χ0v) is 11.3. The maximum Gasteiger partial charge on any atom is 0.339 e. The molecule has 0 fully saturated rings. The van der Waals surface area contributed by atoms with Gasteiger partial charge in [0, 0.05) is 0 Å². The van der Waals surface area contributed by atoms with Crippen LogP contribution in [0, 0.1) is 0 Å². The quantitative estimate of drug-likeness (QED) is 0.797. The van der Waals surface area contributed by atoms with Gasteiger partial charge in [-0.1, -0.05) is 12.1 Å². The van der Waals surface area contributed by atoms with E-state index in [-0.39, 0.29) is 36.3 Å². The highest BCUT2D eigenvalue weighted by Crippen LogP contribution is 2.17. The third kappa shape index (κ3) is 3.81. The Labute approximate surface area is 116 Å². The van der Waals surface area contributed by atoms with Crippen LogP contribution in [0.15, 0.2) is 18.2 Å². The third-order valence-corrected chi connectivity index (χ3v) is 2.50. The molecule has 0 unspecified atom stereocenters. The van der Waals surface area contributed by atoms with Crippen molar-refractivity contribution in [2.24, 2.45) is 0 Å². The number of hydrogen-bond acceptors (Lipinski definition) is 5. The lowest BCUT2D eigenvalue weighted by Gasteiger charge is -2.10. The zero-order chi connectivity index (χ0) is 15.1. The first-order valence-corrected chi connectivity index (χ1v) is 6.19. The number of carboxylic acids is 1. The van der Waals surface area contributed by atoms with E-state index in [1.807, 2.05) is 0 Å². The molecule has 1 aromatic carbocycles.